The Morgan fingerprint density at radius 2 is 1.96 bits per heavy atom. The van der Waals surface area contributed by atoms with Gasteiger partial charge < -0.3 is 4.90 Å². The van der Waals surface area contributed by atoms with E-state index in [2.05, 4.69) is 10.1 Å². The first-order chi connectivity index (χ1) is 11.7. The summed E-state index contributed by atoms with van der Waals surface area (Å²) < 4.78 is 1.79. The third-order valence-electron chi connectivity index (χ3n) is 4.44. The fourth-order valence-electron chi connectivity index (χ4n) is 3.22. The summed E-state index contributed by atoms with van der Waals surface area (Å²) in [6.07, 6.45) is 6.68. The Kier molecular flexibility index (Phi) is 3.94. The summed E-state index contributed by atoms with van der Waals surface area (Å²) in [5, 5.41) is 4.88. The molecule has 0 radical (unpaired) electrons. The van der Waals surface area contributed by atoms with E-state index in [1.54, 1.807) is 23.0 Å². The third-order valence-corrected chi connectivity index (χ3v) is 4.65. The molecule has 1 amide bonds. The van der Waals surface area contributed by atoms with E-state index < -0.39 is 0 Å². The summed E-state index contributed by atoms with van der Waals surface area (Å²) in [5.74, 6) is 0.0645. The molecule has 1 aliphatic rings. The number of carbonyl (C=O) groups excluding carboxylic acids is 1. The highest BCUT2D eigenvalue weighted by Gasteiger charge is 2.22. The number of likely N-dealkylation sites (tertiary alicyclic amines) is 1. The number of rotatable bonds is 2. The molecule has 1 fully saturated rings. The smallest absolute Gasteiger partial charge is 0.257 e. The summed E-state index contributed by atoms with van der Waals surface area (Å²) in [7, 11) is 0. The molecule has 4 rings (SSSR count). The Morgan fingerprint density at radius 3 is 2.75 bits per heavy atom. The van der Waals surface area contributed by atoms with Crippen LogP contribution in [0.3, 0.4) is 0 Å². The molecule has 0 N–H and O–H groups in total. The molecular formula is C18H17ClN4O. The van der Waals surface area contributed by atoms with Crippen LogP contribution in [0.5, 0.6) is 0 Å². The average Bonchev–Trinajstić information content (AvgIpc) is 3.06. The lowest BCUT2D eigenvalue weighted by molar-refractivity contribution is 0.0726. The molecule has 0 spiro atoms. The fourth-order valence-corrected chi connectivity index (χ4v) is 3.40. The number of hydrogen-bond acceptors (Lipinski definition) is 3. The number of amides is 1. The SMILES string of the molecule is O=C(c1cnn2c(-c3ccnc(Cl)c3)cccc12)N1CCCCC1. The van der Waals surface area contributed by atoms with Crippen LogP contribution in [0.4, 0.5) is 0 Å². The summed E-state index contributed by atoms with van der Waals surface area (Å²) in [6, 6.07) is 9.50. The van der Waals surface area contributed by atoms with Gasteiger partial charge in [-0.3, -0.25) is 4.79 Å². The number of aromatic nitrogens is 3. The lowest BCUT2D eigenvalue weighted by atomic mass is 10.1. The molecule has 5 nitrogen and oxygen atoms in total. The van der Waals surface area contributed by atoms with Gasteiger partial charge in [0.05, 0.1) is 23.0 Å². The highest BCUT2D eigenvalue weighted by atomic mass is 35.5. The molecule has 1 aliphatic heterocycles. The first-order valence-electron chi connectivity index (χ1n) is 8.12. The highest BCUT2D eigenvalue weighted by molar-refractivity contribution is 6.29. The third kappa shape index (κ3) is 2.65. The highest BCUT2D eigenvalue weighted by Crippen LogP contribution is 2.25. The molecular weight excluding hydrogens is 324 g/mol. The minimum atomic E-state index is 0.0645. The normalized spacial score (nSPS) is 15.0. The standard InChI is InChI=1S/C18H17ClN4O/c19-17-11-13(7-8-20-17)15-5-4-6-16-14(12-21-23(15)16)18(24)22-9-2-1-3-10-22/h4-8,11-12H,1-3,9-10H2. The van der Waals surface area contributed by atoms with E-state index in [4.69, 9.17) is 11.6 Å². The maximum atomic E-state index is 12.8. The Balaban J connectivity index is 1.77. The first kappa shape index (κ1) is 15.1. The van der Waals surface area contributed by atoms with Gasteiger partial charge in [-0.1, -0.05) is 17.7 Å². The molecule has 24 heavy (non-hydrogen) atoms. The monoisotopic (exact) mass is 340 g/mol. The van der Waals surface area contributed by atoms with Crippen molar-refractivity contribution < 1.29 is 4.79 Å². The van der Waals surface area contributed by atoms with Crippen LogP contribution < -0.4 is 0 Å². The molecule has 0 aromatic carbocycles. The van der Waals surface area contributed by atoms with Gasteiger partial charge >= 0.3 is 0 Å². The van der Waals surface area contributed by atoms with Crippen LogP contribution in [0, 0.1) is 0 Å². The molecule has 3 aromatic heterocycles. The van der Waals surface area contributed by atoms with Crippen LogP contribution in [0.2, 0.25) is 5.15 Å². The van der Waals surface area contributed by atoms with Crippen molar-refractivity contribution in [2.45, 2.75) is 19.3 Å². The lowest BCUT2D eigenvalue weighted by Gasteiger charge is -2.26. The van der Waals surface area contributed by atoms with Crippen LogP contribution in [0.1, 0.15) is 29.6 Å². The number of piperidine rings is 1. The Morgan fingerprint density at radius 1 is 1.12 bits per heavy atom. The summed E-state index contributed by atoms with van der Waals surface area (Å²) in [5.41, 5.74) is 3.27. The topological polar surface area (TPSA) is 50.5 Å². The van der Waals surface area contributed by atoms with E-state index in [0.29, 0.717) is 10.7 Å². The van der Waals surface area contributed by atoms with Crippen molar-refractivity contribution in [3.05, 3.63) is 53.4 Å². The van der Waals surface area contributed by atoms with Crippen molar-refractivity contribution in [2.24, 2.45) is 0 Å². The van der Waals surface area contributed by atoms with Gasteiger partial charge in [-0.05, 0) is 43.5 Å². The second-order valence-corrected chi connectivity index (χ2v) is 6.37. The van der Waals surface area contributed by atoms with Gasteiger partial charge in [-0.25, -0.2) is 9.50 Å². The van der Waals surface area contributed by atoms with Crippen LogP contribution in [-0.4, -0.2) is 38.5 Å². The Labute approximate surface area is 144 Å². The van der Waals surface area contributed by atoms with Crippen molar-refractivity contribution in [2.75, 3.05) is 13.1 Å². The predicted molar refractivity (Wildman–Crippen MR) is 93.2 cm³/mol. The number of hydrogen-bond donors (Lipinski definition) is 0. The van der Waals surface area contributed by atoms with Crippen LogP contribution in [0.15, 0.2) is 42.7 Å². The summed E-state index contributed by atoms with van der Waals surface area (Å²) in [6.45, 7) is 1.66. The van der Waals surface area contributed by atoms with E-state index in [-0.39, 0.29) is 5.91 Å². The lowest BCUT2D eigenvalue weighted by Crippen LogP contribution is -2.35. The number of pyridine rings is 2. The van der Waals surface area contributed by atoms with Gasteiger partial charge in [0, 0.05) is 24.8 Å². The fraction of sp³-hybridized carbons (Fsp3) is 0.278. The molecule has 3 aromatic rings. The van der Waals surface area contributed by atoms with Crippen LogP contribution >= 0.6 is 11.6 Å². The zero-order valence-corrected chi connectivity index (χ0v) is 13.9. The number of carbonyl (C=O) groups is 1. The van der Waals surface area contributed by atoms with Crippen molar-refractivity contribution in [1.82, 2.24) is 19.5 Å². The predicted octanol–water partition coefficient (Wildman–Crippen LogP) is 3.68. The van der Waals surface area contributed by atoms with Crippen LogP contribution in [0.25, 0.3) is 16.8 Å². The van der Waals surface area contributed by atoms with Crippen molar-refractivity contribution in [3.63, 3.8) is 0 Å². The molecule has 0 unspecified atom stereocenters. The van der Waals surface area contributed by atoms with Gasteiger partial charge in [0.1, 0.15) is 5.15 Å². The largest absolute Gasteiger partial charge is 0.339 e. The van der Waals surface area contributed by atoms with Gasteiger partial charge in [0.25, 0.3) is 5.91 Å². The van der Waals surface area contributed by atoms with E-state index >= 15 is 0 Å². The molecule has 0 bridgehead atoms. The van der Waals surface area contributed by atoms with Gasteiger partial charge in [0.15, 0.2) is 0 Å². The maximum Gasteiger partial charge on any atom is 0.257 e. The molecule has 6 heteroatoms. The Bertz CT molecular complexity index is 899. The molecule has 1 saturated heterocycles. The van der Waals surface area contributed by atoms with E-state index in [9.17, 15) is 4.79 Å². The number of fused-ring (bicyclic) bond motifs is 1. The number of halogens is 1. The van der Waals surface area contributed by atoms with E-state index in [1.807, 2.05) is 29.2 Å². The van der Waals surface area contributed by atoms with Crippen molar-refractivity contribution in [3.8, 4) is 11.3 Å². The molecule has 4 heterocycles. The molecule has 0 saturated carbocycles. The first-order valence-corrected chi connectivity index (χ1v) is 8.50. The minimum Gasteiger partial charge on any atom is -0.339 e. The quantitative estimate of drug-likeness (QED) is 0.669. The summed E-state index contributed by atoms with van der Waals surface area (Å²) >= 11 is 6.00. The van der Waals surface area contributed by atoms with Gasteiger partial charge in [-0.2, -0.15) is 5.10 Å². The van der Waals surface area contributed by atoms with Crippen molar-refractivity contribution >= 4 is 23.0 Å². The molecule has 0 aliphatic carbocycles. The second-order valence-electron chi connectivity index (χ2n) is 5.99. The zero-order chi connectivity index (χ0) is 16.5. The molecule has 0 atom stereocenters. The van der Waals surface area contributed by atoms with Gasteiger partial charge in [0.2, 0.25) is 0 Å². The average molecular weight is 341 g/mol. The maximum absolute atomic E-state index is 12.8. The van der Waals surface area contributed by atoms with Crippen molar-refractivity contribution in [1.29, 1.82) is 0 Å². The van der Waals surface area contributed by atoms with Gasteiger partial charge in [-0.15, -0.1) is 0 Å². The summed E-state index contributed by atoms with van der Waals surface area (Å²) in [4.78, 5) is 18.8. The second kappa shape index (κ2) is 6.24. The van der Waals surface area contributed by atoms with E-state index in [1.165, 1.54) is 6.42 Å². The number of nitrogens with zero attached hydrogens (tertiary/aromatic N) is 4. The molecule has 122 valence electrons. The van der Waals surface area contributed by atoms with E-state index in [0.717, 1.165) is 42.7 Å². The minimum absolute atomic E-state index is 0.0645. The Hall–Kier alpha value is -2.40. The van der Waals surface area contributed by atoms with Crippen LogP contribution in [-0.2, 0) is 0 Å². The zero-order valence-electron chi connectivity index (χ0n) is 13.2.